The molecule has 0 bridgehead atoms. The lowest BCUT2D eigenvalue weighted by Crippen LogP contribution is -2.26. The highest BCUT2D eigenvalue weighted by molar-refractivity contribution is 9.10. The SMILES string of the molecule is CC(C)CN(C)c1cc(NC(=O)O)c(NC(=O)CC(=O)c2cccc(Br)c2)cc1C(F)(F)F. The number of nitrogens with one attached hydrogen (secondary N) is 2. The van der Waals surface area contributed by atoms with Crippen molar-refractivity contribution >= 4 is 50.8 Å². The molecule has 7 nitrogen and oxygen atoms in total. The number of hydrogen-bond donors (Lipinski definition) is 3. The molecule has 178 valence electrons. The molecule has 0 aliphatic heterocycles. The third-order valence-corrected chi connectivity index (χ3v) is 4.97. The zero-order valence-corrected chi connectivity index (χ0v) is 19.7. The maximum atomic E-state index is 13.8. The van der Waals surface area contributed by atoms with Crippen molar-refractivity contribution in [1.82, 2.24) is 0 Å². The van der Waals surface area contributed by atoms with E-state index in [0.29, 0.717) is 10.5 Å². The van der Waals surface area contributed by atoms with Crippen LogP contribution in [0.3, 0.4) is 0 Å². The number of Topliss-reactive ketones (excluding diaryl/α,β-unsaturated/α-hetero) is 1. The molecule has 2 aromatic carbocycles. The summed E-state index contributed by atoms with van der Waals surface area (Å²) in [4.78, 5) is 37.4. The first kappa shape index (κ1) is 26.2. The standard InChI is InChI=1S/C22H23BrF3N3O4/c1-12(2)11-29(3)18-9-17(28-21(32)33)16(8-15(18)22(24,25)26)27-20(31)10-19(30)13-5-4-6-14(23)7-13/h4-9,12,28H,10-11H2,1-3H3,(H,27,31)(H,32,33). The molecule has 3 N–H and O–H groups in total. The monoisotopic (exact) mass is 529 g/mol. The van der Waals surface area contributed by atoms with Crippen LogP contribution in [-0.2, 0) is 11.0 Å². The number of halogens is 4. The van der Waals surface area contributed by atoms with Crippen LogP contribution in [0.1, 0.15) is 36.2 Å². The van der Waals surface area contributed by atoms with Gasteiger partial charge in [0.1, 0.15) is 0 Å². The minimum absolute atomic E-state index is 0.0374. The van der Waals surface area contributed by atoms with Crippen molar-refractivity contribution in [2.75, 3.05) is 29.1 Å². The third-order valence-electron chi connectivity index (χ3n) is 4.47. The number of rotatable bonds is 8. The molecule has 0 atom stereocenters. The Balaban J connectivity index is 2.42. The van der Waals surface area contributed by atoms with E-state index in [2.05, 4.69) is 21.2 Å². The Kier molecular flexibility index (Phi) is 8.48. The summed E-state index contributed by atoms with van der Waals surface area (Å²) in [5.41, 5.74) is -1.70. The Morgan fingerprint density at radius 1 is 1.09 bits per heavy atom. The summed E-state index contributed by atoms with van der Waals surface area (Å²) >= 11 is 3.22. The van der Waals surface area contributed by atoms with Crippen molar-refractivity contribution < 1.29 is 32.7 Å². The topological polar surface area (TPSA) is 98.7 Å². The molecule has 0 saturated heterocycles. The molecule has 2 rings (SSSR count). The molecule has 0 fully saturated rings. The minimum Gasteiger partial charge on any atom is -0.465 e. The van der Waals surface area contributed by atoms with Gasteiger partial charge in [0.25, 0.3) is 0 Å². The van der Waals surface area contributed by atoms with E-state index in [1.54, 1.807) is 12.1 Å². The van der Waals surface area contributed by atoms with E-state index >= 15 is 0 Å². The second-order valence-electron chi connectivity index (χ2n) is 7.78. The molecule has 0 heterocycles. The molecule has 2 aromatic rings. The lowest BCUT2D eigenvalue weighted by atomic mass is 10.1. The van der Waals surface area contributed by atoms with Gasteiger partial charge in [-0.15, -0.1) is 0 Å². The van der Waals surface area contributed by atoms with Crippen molar-refractivity contribution in [2.45, 2.75) is 26.4 Å². The summed E-state index contributed by atoms with van der Waals surface area (Å²) in [5.74, 6) is -1.40. The summed E-state index contributed by atoms with van der Waals surface area (Å²) in [5, 5.41) is 13.4. The van der Waals surface area contributed by atoms with Gasteiger partial charge >= 0.3 is 12.3 Å². The van der Waals surface area contributed by atoms with E-state index in [-0.39, 0.29) is 29.4 Å². The number of anilines is 3. The van der Waals surface area contributed by atoms with Crippen LogP contribution in [0, 0.1) is 5.92 Å². The molecule has 33 heavy (non-hydrogen) atoms. The van der Waals surface area contributed by atoms with Crippen LogP contribution in [0.2, 0.25) is 0 Å². The molecular weight excluding hydrogens is 507 g/mol. The van der Waals surface area contributed by atoms with Crippen LogP contribution >= 0.6 is 15.9 Å². The predicted octanol–water partition coefficient (Wildman–Crippen LogP) is 5.86. The van der Waals surface area contributed by atoms with E-state index in [4.69, 9.17) is 5.11 Å². The number of nitrogens with zero attached hydrogens (tertiary/aromatic N) is 1. The molecular formula is C22H23BrF3N3O4. The molecule has 0 saturated carbocycles. The van der Waals surface area contributed by atoms with Gasteiger partial charge in [-0.05, 0) is 30.2 Å². The summed E-state index contributed by atoms with van der Waals surface area (Å²) in [6.07, 6.45) is -6.93. The van der Waals surface area contributed by atoms with Gasteiger partial charge in [-0.25, -0.2) is 4.79 Å². The van der Waals surface area contributed by atoms with E-state index in [1.165, 1.54) is 24.1 Å². The minimum atomic E-state index is -4.77. The largest absolute Gasteiger partial charge is 0.465 e. The average Bonchev–Trinajstić information content (AvgIpc) is 2.67. The van der Waals surface area contributed by atoms with Crippen molar-refractivity contribution in [1.29, 1.82) is 0 Å². The Morgan fingerprint density at radius 2 is 1.73 bits per heavy atom. The average molecular weight is 530 g/mol. The van der Waals surface area contributed by atoms with E-state index in [0.717, 1.165) is 6.07 Å². The second-order valence-corrected chi connectivity index (χ2v) is 8.69. The van der Waals surface area contributed by atoms with Crippen molar-refractivity contribution in [3.63, 3.8) is 0 Å². The van der Waals surface area contributed by atoms with Gasteiger partial charge in [0.2, 0.25) is 5.91 Å². The van der Waals surface area contributed by atoms with E-state index < -0.39 is 41.6 Å². The number of carbonyl (C=O) groups excluding carboxylic acids is 2. The Morgan fingerprint density at radius 3 is 2.27 bits per heavy atom. The number of carboxylic acid groups (broad SMARTS) is 1. The van der Waals surface area contributed by atoms with Crippen molar-refractivity contribution in [3.05, 3.63) is 52.0 Å². The van der Waals surface area contributed by atoms with Gasteiger partial charge in [0.15, 0.2) is 5.78 Å². The van der Waals surface area contributed by atoms with Gasteiger partial charge in [-0.1, -0.05) is 41.9 Å². The molecule has 0 aromatic heterocycles. The Hall–Kier alpha value is -3.08. The Bertz CT molecular complexity index is 1060. The van der Waals surface area contributed by atoms with Gasteiger partial charge in [-0.2, -0.15) is 13.2 Å². The highest BCUT2D eigenvalue weighted by Crippen LogP contribution is 2.41. The van der Waals surface area contributed by atoms with Gasteiger partial charge < -0.3 is 15.3 Å². The fraction of sp³-hybridized carbons (Fsp3) is 0.318. The molecule has 0 aliphatic carbocycles. The summed E-state index contributed by atoms with van der Waals surface area (Å²) in [7, 11) is 1.46. The smallest absolute Gasteiger partial charge is 0.418 e. The first-order chi connectivity index (χ1) is 15.3. The lowest BCUT2D eigenvalue weighted by molar-refractivity contribution is -0.137. The van der Waals surface area contributed by atoms with Crippen molar-refractivity contribution in [3.8, 4) is 0 Å². The zero-order valence-electron chi connectivity index (χ0n) is 18.1. The summed E-state index contributed by atoms with van der Waals surface area (Å²) < 4.78 is 42.0. The molecule has 0 radical (unpaired) electrons. The fourth-order valence-electron chi connectivity index (χ4n) is 3.20. The van der Waals surface area contributed by atoms with Crippen LogP contribution in [-0.4, -0.2) is 36.5 Å². The highest BCUT2D eigenvalue weighted by atomic mass is 79.9. The van der Waals surface area contributed by atoms with Crippen LogP contribution < -0.4 is 15.5 Å². The highest BCUT2D eigenvalue weighted by Gasteiger charge is 2.36. The quantitative estimate of drug-likeness (QED) is 0.293. The Labute approximate surface area is 197 Å². The molecule has 0 spiro atoms. The van der Waals surface area contributed by atoms with E-state index in [9.17, 15) is 27.6 Å². The second kappa shape index (κ2) is 10.7. The van der Waals surface area contributed by atoms with Crippen LogP contribution in [0.15, 0.2) is 40.9 Å². The molecule has 11 heteroatoms. The first-order valence-corrected chi connectivity index (χ1v) is 10.6. The van der Waals surface area contributed by atoms with Gasteiger partial charge in [0, 0.05) is 23.6 Å². The number of benzene rings is 2. The van der Waals surface area contributed by atoms with E-state index in [1.807, 2.05) is 19.2 Å². The molecule has 0 aliphatic rings. The lowest BCUT2D eigenvalue weighted by Gasteiger charge is -2.27. The number of hydrogen-bond acceptors (Lipinski definition) is 4. The normalized spacial score (nSPS) is 11.3. The van der Waals surface area contributed by atoms with Gasteiger partial charge in [-0.3, -0.25) is 14.9 Å². The van der Waals surface area contributed by atoms with Gasteiger partial charge in [0.05, 0.1) is 29.0 Å². The maximum absolute atomic E-state index is 13.8. The number of ketones is 1. The van der Waals surface area contributed by atoms with Crippen LogP contribution in [0.5, 0.6) is 0 Å². The first-order valence-electron chi connectivity index (χ1n) is 9.83. The van der Waals surface area contributed by atoms with Crippen LogP contribution in [0.25, 0.3) is 0 Å². The number of alkyl halides is 3. The number of carbonyl (C=O) groups is 3. The van der Waals surface area contributed by atoms with Crippen molar-refractivity contribution in [2.24, 2.45) is 5.92 Å². The predicted molar refractivity (Wildman–Crippen MR) is 123 cm³/mol. The third kappa shape index (κ3) is 7.48. The summed E-state index contributed by atoms with van der Waals surface area (Å²) in [6, 6.07) is 7.99. The zero-order chi connectivity index (χ0) is 24.9. The maximum Gasteiger partial charge on any atom is 0.418 e. The fourth-order valence-corrected chi connectivity index (χ4v) is 3.60. The van der Waals surface area contributed by atoms with Crippen LogP contribution in [0.4, 0.5) is 35.0 Å². The summed E-state index contributed by atoms with van der Waals surface area (Å²) in [6.45, 7) is 3.94. The molecule has 2 amide bonds. The number of amides is 2. The molecule has 0 unspecified atom stereocenters.